The summed E-state index contributed by atoms with van der Waals surface area (Å²) in [6.45, 7) is 5.93. The second kappa shape index (κ2) is 11.8. The van der Waals surface area contributed by atoms with Gasteiger partial charge in [0.15, 0.2) is 5.52 Å². The van der Waals surface area contributed by atoms with Crippen LogP contribution in [0.2, 0.25) is 0 Å². The number of H-pyrrole nitrogens is 1. The Morgan fingerprint density at radius 1 is 1.15 bits per heavy atom. The molecule has 3 heterocycles. The summed E-state index contributed by atoms with van der Waals surface area (Å²) in [5.41, 5.74) is 1.58. The van der Waals surface area contributed by atoms with E-state index in [9.17, 15) is 18.0 Å². The number of fused-ring (bicyclic) bond motifs is 1. The molecule has 39 heavy (non-hydrogen) atoms. The van der Waals surface area contributed by atoms with Crippen LogP contribution < -0.4 is 10.3 Å². The molecular weight excluding hydrogens is 522 g/mol. The number of aromatic amines is 1. The Balaban J connectivity index is 1.66. The molecule has 0 aliphatic carbocycles. The molecule has 1 fully saturated rings. The maximum absolute atomic E-state index is 13.6. The van der Waals surface area contributed by atoms with Crippen molar-refractivity contribution < 1.29 is 17.9 Å². The zero-order valence-electron chi connectivity index (χ0n) is 23.2. The summed E-state index contributed by atoms with van der Waals surface area (Å²) < 4.78 is 35.9. The van der Waals surface area contributed by atoms with Gasteiger partial charge in [0.05, 0.1) is 22.8 Å². The fourth-order valence-corrected chi connectivity index (χ4v) is 6.17. The minimum Gasteiger partial charge on any atom is -0.493 e. The van der Waals surface area contributed by atoms with E-state index in [1.54, 1.807) is 18.0 Å². The van der Waals surface area contributed by atoms with Gasteiger partial charge in [0.25, 0.3) is 5.56 Å². The number of aromatic nitrogens is 4. The summed E-state index contributed by atoms with van der Waals surface area (Å²) in [4.78, 5) is 36.7. The number of rotatable bonds is 10. The molecule has 4 rings (SSSR count). The van der Waals surface area contributed by atoms with Crippen molar-refractivity contribution in [3.05, 3.63) is 34.2 Å². The fourth-order valence-electron chi connectivity index (χ4n) is 4.72. The minimum atomic E-state index is -3.87. The number of benzene rings is 1. The first-order valence-corrected chi connectivity index (χ1v) is 14.7. The SMILES string of the molecule is CCCc1nn(C)c2c(=O)[nH]c(-c3cc(S(=O)(=O)N4CCN(C(=O)CCN(C)C)CC4)ccc3OCC)nc12. The first-order valence-electron chi connectivity index (χ1n) is 13.2. The molecule has 0 radical (unpaired) electrons. The van der Waals surface area contributed by atoms with Gasteiger partial charge in [-0.3, -0.25) is 14.3 Å². The molecular formula is C26H37N7O5S. The van der Waals surface area contributed by atoms with Gasteiger partial charge in [-0.1, -0.05) is 13.3 Å². The van der Waals surface area contributed by atoms with Gasteiger partial charge < -0.3 is 19.5 Å². The molecule has 12 nitrogen and oxygen atoms in total. The van der Waals surface area contributed by atoms with Gasteiger partial charge in [-0.25, -0.2) is 13.4 Å². The smallest absolute Gasteiger partial charge is 0.277 e. The summed E-state index contributed by atoms with van der Waals surface area (Å²) in [7, 11) is 1.65. The molecule has 1 N–H and O–H groups in total. The quantitative estimate of drug-likeness (QED) is 0.395. The molecule has 3 aromatic rings. The fraction of sp³-hybridized carbons (Fsp3) is 0.538. The van der Waals surface area contributed by atoms with E-state index in [1.807, 2.05) is 32.8 Å². The number of piperazine rings is 1. The third-order valence-electron chi connectivity index (χ3n) is 6.76. The van der Waals surface area contributed by atoms with Crippen molar-refractivity contribution in [3.8, 4) is 17.1 Å². The number of ether oxygens (including phenoxy) is 1. The lowest BCUT2D eigenvalue weighted by Crippen LogP contribution is -2.50. The average molecular weight is 560 g/mol. The number of hydrogen-bond donors (Lipinski definition) is 1. The second-order valence-corrected chi connectivity index (χ2v) is 11.8. The van der Waals surface area contributed by atoms with Crippen LogP contribution in [0.5, 0.6) is 5.75 Å². The number of carbonyl (C=O) groups is 1. The van der Waals surface area contributed by atoms with Gasteiger partial charge in [-0.05, 0) is 45.6 Å². The predicted molar refractivity (Wildman–Crippen MR) is 148 cm³/mol. The monoisotopic (exact) mass is 559 g/mol. The third-order valence-corrected chi connectivity index (χ3v) is 8.65. The third kappa shape index (κ3) is 5.99. The number of nitrogens with one attached hydrogen (secondary N) is 1. The first-order chi connectivity index (χ1) is 18.6. The van der Waals surface area contributed by atoms with Gasteiger partial charge in [0.1, 0.15) is 17.1 Å². The summed E-state index contributed by atoms with van der Waals surface area (Å²) in [6, 6.07) is 4.59. The Morgan fingerprint density at radius 2 is 1.87 bits per heavy atom. The molecule has 0 spiro atoms. The topological polar surface area (TPSA) is 134 Å². The van der Waals surface area contributed by atoms with Crippen molar-refractivity contribution in [1.82, 2.24) is 33.9 Å². The van der Waals surface area contributed by atoms with Crippen LogP contribution in [0.1, 0.15) is 32.4 Å². The molecule has 1 saturated heterocycles. The molecule has 0 atom stereocenters. The van der Waals surface area contributed by atoms with Crippen LogP contribution in [0.3, 0.4) is 0 Å². The average Bonchev–Trinajstić information content (AvgIpc) is 3.23. The largest absolute Gasteiger partial charge is 0.493 e. The van der Waals surface area contributed by atoms with Gasteiger partial charge in [0, 0.05) is 46.2 Å². The Kier molecular flexibility index (Phi) is 8.72. The van der Waals surface area contributed by atoms with Gasteiger partial charge in [-0.15, -0.1) is 0 Å². The molecule has 2 aromatic heterocycles. The number of nitrogens with zero attached hydrogens (tertiary/aromatic N) is 6. The van der Waals surface area contributed by atoms with E-state index in [4.69, 9.17) is 9.72 Å². The lowest BCUT2D eigenvalue weighted by Gasteiger charge is -2.34. The van der Waals surface area contributed by atoms with Crippen LogP contribution in [0.15, 0.2) is 27.9 Å². The maximum Gasteiger partial charge on any atom is 0.277 e. The van der Waals surface area contributed by atoms with Crippen molar-refractivity contribution in [3.63, 3.8) is 0 Å². The Labute approximate surface area is 228 Å². The predicted octanol–water partition coefficient (Wildman–Crippen LogP) is 1.46. The lowest BCUT2D eigenvalue weighted by atomic mass is 10.1. The molecule has 1 aromatic carbocycles. The maximum atomic E-state index is 13.6. The molecule has 0 saturated carbocycles. The number of sulfonamides is 1. The number of amides is 1. The molecule has 1 aliphatic heterocycles. The van der Waals surface area contributed by atoms with E-state index in [0.29, 0.717) is 67.1 Å². The highest BCUT2D eigenvalue weighted by Gasteiger charge is 2.31. The van der Waals surface area contributed by atoms with Crippen molar-refractivity contribution >= 4 is 27.0 Å². The van der Waals surface area contributed by atoms with E-state index < -0.39 is 10.0 Å². The van der Waals surface area contributed by atoms with E-state index >= 15 is 0 Å². The van der Waals surface area contributed by atoms with Gasteiger partial charge in [0.2, 0.25) is 15.9 Å². The zero-order chi connectivity index (χ0) is 28.3. The summed E-state index contributed by atoms with van der Waals surface area (Å²) in [5.74, 6) is 0.651. The van der Waals surface area contributed by atoms with Crippen molar-refractivity contribution in [2.75, 3.05) is 53.4 Å². The van der Waals surface area contributed by atoms with E-state index in [2.05, 4.69) is 10.1 Å². The van der Waals surface area contributed by atoms with Gasteiger partial charge in [-0.2, -0.15) is 9.40 Å². The molecule has 0 unspecified atom stereocenters. The Hall–Kier alpha value is -3.29. The van der Waals surface area contributed by atoms with Crippen LogP contribution in [0, 0.1) is 0 Å². The zero-order valence-corrected chi connectivity index (χ0v) is 24.0. The minimum absolute atomic E-state index is 0.0207. The second-order valence-electron chi connectivity index (χ2n) is 9.86. The van der Waals surface area contributed by atoms with Crippen molar-refractivity contribution in [1.29, 1.82) is 0 Å². The molecule has 212 valence electrons. The molecule has 0 bridgehead atoms. The van der Waals surface area contributed by atoms with Crippen molar-refractivity contribution in [2.45, 2.75) is 38.0 Å². The van der Waals surface area contributed by atoms with Crippen LogP contribution in [-0.4, -0.2) is 102 Å². The number of hydrogen-bond acceptors (Lipinski definition) is 8. The first kappa shape index (κ1) is 28.7. The Morgan fingerprint density at radius 3 is 2.51 bits per heavy atom. The highest BCUT2D eigenvalue weighted by molar-refractivity contribution is 7.89. The highest BCUT2D eigenvalue weighted by Crippen LogP contribution is 2.32. The van der Waals surface area contributed by atoms with Crippen LogP contribution in [0.25, 0.3) is 22.4 Å². The molecule has 1 amide bonds. The highest BCUT2D eigenvalue weighted by atomic mass is 32.2. The van der Waals surface area contributed by atoms with E-state index in [0.717, 1.165) is 6.42 Å². The molecule has 13 heteroatoms. The van der Waals surface area contributed by atoms with Gasteiger partial charge >= 0.3 is 0 Å². The van der Waals surface area contributed by atoms with Crippen molar-refractivity contribution in [2.24, 2.45) is 7.05 Å². The number of carbonyl (C=O) groups excluding carboxylic acids is 1. The normalized spacial score (nSPS) is 14.9. The number of aryl methyl sites for hydroxylation is 2. The summed E-state index contributed by atoms with van der Waals surface area (Å²) >= 11 is 0. The van der Waals surface area contributed by atoms with Crippen LogP contribution in [-0.2, 0) is 28.3 Å². The standard InChI is InChI=1S/C26H37N7O5S/c1-6-8-20-23-24(31(5)29-20)26(35)28-25(27-23)19-17-18(9-10-21(19)38-7-2)39(36,37)33-15-13-32(14-16-33)22(34)11-12-30(3)4/h9-10,17H,6-8,11-16H2,1-5H3,(H,27,28,35). The summed E-state index contributed by atoms with van der Waals surface area (Å²) in [5, 5.41) is 4.46. The lowest BCUT2D eigenvalue weighted by molar-refractivity contribution is -0.132. The van der Waals surface area contributed by atoms with Crippen LogP contribution in [0.4, 0.5) is 0 Å². The Bertz CT molecular complexity index is 1500. The van der Waals surface area contributed by atoms with Crippen LogP contribution >= 0.6 is 0 Å². The van der Waals surface area contributed by atoms with E-state index in [1.165, 1.54) is 21.1 Å². The van der Waals surface area contributed by atoms with E-state index in [-0.39, 0.29) is 35.3 Å². The molecule has 1 aliphatic rings. The summed E-state index contributed by atoms with van der Waals surface area (Å²) in [6.07, 6.45) is 1.89.